The van der Waals surface area contributed by atoms with E-state index in [1.165, 1.54) is 46.8 Å². The highest BCUT2D eigenvalue weighted by molar-refractivity contribution is 7.29. The summed E-state index contributed by atoms with van der Waals surface area (Å²) in [5.41, 5.74) is 11.0. The molecular weight excluding hydrogens is 645 g/mol. The monoisotopic (exact) mass is 672 g/mol. The molecule has 0 saturated heterocycles. The van der Waals surface area contributed by atoms with Gasteiger partial charge in [0, 0.05) is 52.3 Å². The Kier molecular flexibility index (Phi) is 6.90. The molecule has 0 saturated carbocycles. The van der Waals surface area contributed by atoms with Gasteiger partial charge in [-0.2, -0.15) is 0 Å². The number of aromatic nitrogens is 2. The third-order valence-electron chi connectivity index (χ3n) is 9.52. The molecule has 0 amide bonds. The van der Waals surface area contributed by atoms with Crippen LogP contribution in [0, 0.1) is 0 Å². The van der Waals surface area contributed by atoms with Crippen LogP contribution in [0.1, 0.15) is 0 Å². The highest BCUT2D eigenvalue weighted by atomic mass is 32.1. The maximum Gasteiger partial charge on any atom is 0.126 e. The van der Waals surface area contributed by atoms with E-state index in [2.05, 4.69) is 158 Å². The van der Waals surface area contributed by atoms with Crippen molar-refractivity contribution in [1.29, 1.82) is 0 Å². The summed E-state index contributed by atoms with van der Waals surface area (Å²) in [5.74, 6) is 0. The Labute approximate surface area is 297 Å². The maximum atomic E-state index is 5.36. The third kappa shape index (κ3) is 4.92. The molecule has 4 aromatic heterocycles. The number of hydrogen-bond acceptors (Lipinski definition) is 4. The fraction of sp³-hybridized carbons (Fsp3) is 0. The summed E-state index contributed by atoms with van der Waals surface area (Å²) in [6.07, 6.45) is 0. The van der Waals surface area contributed by atoms with E-state index >= 15 is 0 Å². The molecule has 2 nitrogen and oxygen atoms in total. The van der Waals surface area contributed by atoms with Gasteiger partial charge >= 0.3 is 0 Å². The Morgan fingerprint density at radius 2 is 0.800 bits per heavy atom. The van der Waals surface area contributed by atoms with Gasteiger partial charge in [0.25, 0.3) is 0 Å². The van der Waals surface area contributed by atoms with Gasteiger partial charge in [0.15, 0.2) is 0 Å². The zero-order valence-electron chi connectivity index (χ0n) is 26.9. The Hall–Kier alpha value is -5.94. The third-order valence-corrected chi connectivity index (χ3v) is 11.8. The van der Waals surface area contributed by atoms with Crippen molar-refractivity contribution >= 4 is 63.1 Å². The molecule has 0 radical (unpaired) electrons. The fourth-order valence-electron chi connectivity index (χ4n) is 7.04. The summed E-state index contributed by atoms with van der Waals surface area (Å²) in [6, 6.07) is 60.5. The van der Waals surface area contributed by atoms with Crippen molar-refractivity contribution in [2.75, 3.05) is 0 Å². The summed E-state index contributed by atoms with van der Waals surface area (Å²) in [6.45, 7) is 0. The van der Waals surface area contributed by atoms with Gasteiger partial charge in [0.1, 0.15) is 4.83 Å². The van der Waals surface area contributed by atoms with Crippen LogP contribution in [0.2, 0.25) is 0 Å². The van der Waals surface area contributed by atoms with Gasteiger partial charge in [0.05, 0.1) is 17.1 Å². The normalized spacial score (nSPS) is 11.6. The second-order valence-electron chi connectivity index (χ2n) is 12.6. The van der Waals surface area contributed by atoms with Crippen molar-refractivity contribution in [3.05, 3.63) is 170 Å². The molecule has 0 aliphatic rings. The maximum absolute atomic E-state index is 5.36. The summed E-state index contributed by atoms with van der Waals surface area (Å²) < 4.78 is 3.90. The van der Waals surface area contributed by atoms with Crippen molar-refractivity contribution in [1.82, 2.24) is 9.97 Å². The average molecular weight is 673 g/mol. The van der Waals surface area contributed by atoms with Gasteiger partial charge in [-0.05, 0) is 46.5 Å². The number of nitrogens with zero attached hydrogens (tertiary/aromatic N) is 2. The Balaban J connectivity index is 1.03. The molecular formula is C46H28N2S2. The van der Waals surface area contributed by atoms with E-state index < -0.39 is 0 Å². The van der Waals surface area contributed by atoms with Crippen LogP contribution in [0.15, 0.2) is 170 Å². The van der Waals surface area contributed by atoms with Crippen molar-refractivity contribution in [3.8, 4) is 56.0 Å². The van der Waals surface area contributed by atoms with Crippen LogP contribution in [0.5, 0.6) is 0 Å². The minimum Gasteiger partial charge on any atom is -0.248 e. The molecule has 234 valence electrons. The van der Waals surface area contributed by atoms with Crippen LogP contribution in [0.3, 0.4) is 0 Å². The minimum atomic E-state index is 0.969. The van der Waals surface area contributed by atoms with Crippen LogP contribution in [-0.4, -0.2) is 9.97 Å². The van der Waals surface area contributed by atoms with E-state index in [1.54, 1.807) is 11.3 Å². The van der Waals surface area contributed by atoms with Crippen LogP contribution in [-0.2, 0) is 0 Å². The molecule has 4 heteroatoms. The van der Waals surface area contributed by atoms with Gasteiger partial charge in [-0.3, -0.25) is 0 Å². The lowest BCUT2D eigenvalue weighted by Crippen LogP contribution is -1.91. The molecule has 0 N–H and O–H groups in total. The first-order valence-electron chi connectivity index (χ1n) is 16.7. The van der Waals surface area contributed by atoms with E-state index in [1.807, 2.05) is 23.5 Å². The van der Waals surface area contributed by atoms with E-state index in [0.29, 0.717) is 0 Å². The Morgan fingerprint density at radius 3 is 1.38 bits per heavy atom. The van der Waals surface area contributed by atoms with Crippen molar-refractivity contribution in [3.63, 3.8) is 0 Å². The standard InChI is InChI=1S/C46H28N2S2/c1-3-11-32(12-4-1)38-27-35(28-39(47-38)33-13-5-2-6-14-33)31-21-19-29(20-22-31)30-23-25-34(26-24-30)44-42-36-15-7-9-17-40(36)49-45(42)43-37-16-8-10-18-41(37)50-46(43)48-44/h1-28H. The second kappa shape index (κ2) is 11.9. The molecule has 4 heterocycles. The molecule has 10 aromatic rings. The van der Waals surface area contributed by atoms with E-state index in [4.69, 9.17) is 9.97 Å². The smallest absolute Gasteiger partial charge is 0.126 e. The van der Waals surface area contributed by atoms with Crippen LogP contribution < -0.4 is 0 Å². The highest BCUT2D eigenvalue weighted by Crippen LogP contribution is 2.47. The topological polar surface area (TPSA) is 25.8 Å². The number of thiophene rings is 2. The largest absolute Gasteiger partial charge is 0.248 e. The predicted octanol–water partition coefficient (Wildman–Crippen LogP) is 13.5. The van der Waals surface area contributed by atoms with Crippen molar-refractivity contribution in [2.24, 2.45) is 0 Å². The first-order valence-corrected chi connectivity index (χ1v) is 18.4. The first kappa shape index (κ1) is 29.0. The molecule has 0 atom stereocenters. The lowest BCUT2D eigenvalue weighted by molar-refractivity contribution is 1.32. The molecule has 0 spiro atoms. The molecule has 0 unspecified atom stereocenters. The number of benzene rings is 6. The number of rotatable bonds is 5. The molecule has 10 rings (SSSR count). The molecule has 0 fully saturated rings. The predicted molar refractivity (Wildman–Crippen MR) is 215 cm³/mol. The molecule has 0 aliphatic carbocycles. The Bertz CT molecular complexity index is 2780. The lowest BCUT2D eigenvalue weighted by atomic mass is 9.96. The molecule has 0 aliphatic heterocycles. The van der Waals surface area contributed by atoms with E-state index in [0.717, 1.165) is 49.7 Å². The minimum absolute atomic E-state index is 0.969. The van der Waals surface area contributed by atoms with Gasteiger partial charge in [-0.25, -0.2) is 9.97 Å². The number of fused-ring (bicyclic) bond motifs is 7. The summed E-state index contributed by atoms with van der Waals surface area (Å²) in [4.78, 5) is 11.5. The van der Waals surface area contributed by atoms with E-state index in [-0.39, 0.29) is 0 Å². The first-order chi connectivity index (χ1) is 24.8. The molecule has 50 heavy (non-hydrogen) atoms. The molecule has 0 bridgehead atoms. The summed E-state index contributed by atoms with van der Waals surface area (Å²) in [5, 5.41) is 5.10. The van der Waals surface area contributed by atoms with Gasteiger partial charge < -0.3 is 0 Å². The van der Waals surface area contributed by atoms with Gasteiger partial charge in [-0.1, -0.05) is 146 Å². The molecule has 6 aromatic carbocycles. The zero-order valence-corrected chi connectivity index (χ0v) is 28.5. The summed E-state index contributed by atoms with van der Waals surface area (Å²) >= 11 is 3.67. The van der Waals surface area contributed by atoms with Crippen molar-refractivity contribution < 1.29 is 0 Å². The second-order valence-corrected chi connectivity index (χ2v) is 14.6. The van der Waals surface area contributed by atoms with E-state index in [9.17, 15) is 0 Å². The van der Waals surface area contributed by atoms with Crippen molar-refractivity contribution in [2.45, 2.75) is 0 Å². The van der Waals surface area contributed by atoms with Crippen LogP contribution >= 0.6 is 22.7 Å². The van der Waals surface area contributed by atoms with Gasteiger partial charge in [-0.15, -0.1) is 22.7 Å². The number of pyridine rings is 2. The number of hydrogen-bond donors (Lipinski definition) is 0. The van der Waals surface area contributed by atoms with Crippen LogP contribution in [0.25, 0.3) is 96.5 Å². The quantitative estimate of drug-likeness (QED) is 0.182. The Morgan fingerprint density at radius 1 is 0.340 bits per heavy atom. The summed E-state index contributed by atoms with van der Waals surface area (Å²) in [7, 11) is 0. The fourth-order valence-corrected chi connectivity index (χ4v) is 9.45. The zero-order chi connectivity index (χ0) is 33.0. The average Bonchev–Trinajstić information content (AvgIpc) is 3.77. The SMILES string of the molecule is c1ccc(-c2cc(-c3ccc(-c4ccc(-c5nc6sc7ccccc7c6c6sc7ccccc7c56)cc4)cc3)cc(-c3ccccc3)n2)cc1. The van der Waals surface area contributed by atoms with Gasteiger partial charge in [0.2, 0.25) is 0 Å². The highest BCUT2D eigenvalue weighted by Gasteiger charge is 2.19. The van der Waals surface area contributed by atoms with Crippen LogP contribution in [0.4, 0.5) is 0 Å². The lowest BCUT2D eigenvalue weighted by Gasteiger charge is -2.11.